The summed E-state index contributed by atoms with van der Waals surface area (Å²) in [6.07, 6.45) is 0.586. The van der Waals surface area contributed by atoms with Crippen molar-refractivity contribution >= 4 is 23.4 Å². The Morgan fingerprint density at radius 3 is 2.68 bits per heavy atom. The Balaban J connectivity index is 2.40. The number of amides is 1. The molecule has 0 atom stereocenters. The Hall–Kier alpha value is -2.41. The van der Waals surface area contributed by atoms with Crippen molar-refractivity contribution < 1.29 is 19.5 Å². The normalized spacial score (nSPS) is 11.6. The lowest BCUT2D eigenvalue weighted by atomic mass is 10.2. The molecule has 0 aliphatic rings. The van der Waals surface area contributed by atoms with Gasteiger partial charge in [0, 0.05) is 7.05 Å². The van der Waals surface area contributed by atoms with Gasteiger partial charge in [-0.15, -0.1) is 0 Å². The number of hydrogen-bond donors (Lipinski definition) is 1. The van der Waals surface area contributed by atoms with Crippen molar-refractivity contribution in [1.29, 1.82) is 0 Å². The fraction of sp³-hybridized carbons (Fsp3) is 0.400. The van der Waals surface area contributed by atoms with Gasteiger partial charge in [0.25, 0.3) is 0 Å². The number of carboxylic acid groups (broad SMARTS) is 1. The zero-order valence-electron chi connectivity index (χ0n) is 13.0. The monoisotopic (exact) mass is 305 g/mol. The van der Waals surface area contributed by atoms with E-state index >= 15 is 0 Å². The van der Waals surface area contributed by atoms with E-state index in [1.165, 1.54) is 6.07 Å². The van der Waals surface area contributed by atoms with Gasteiger partial charge in [0.15, 0.2) is 0 Å². The molecule has 7 nitrogen and oxygen atoms in total. The minimum atomic E-state index is -1.03. The molecule has 2 aromatic rings. The first-order valence-electron chi connectivity index (χ1n) is 6.81. The van der Waals surface area contributed by atoms with Crippen LogP contribution >= 0.6 is 0 Å². The summed E-state index contributed by atoms with van der Waals surface area (Å²) in [4.78, 5) is 32.3. The zero-order chi connectivity index (χ0) is 16.5. The van der Waals surface area contributed by atoms with Crippen LogP contribution in [-0.4, -0.2) is 37.7 Å². The summed E-state index contributed by atoms with van der Waals surface area (Å²) < 4.78 is 1.75. The van der Waals surface area contributed by atoms with Crippen molar-refractivity contribution in [2.24, 2.45) is 7.05 Å². The van der Waals surface area contributed by atoms with Gasteiger partial charge in [-0.2, -0.15) is 0 Å². The summed E-state index contributed by atoms with van der Waals surface area (Å²) in [6.45, 7) is 5.63. The Bertz CT molecular complexity index is 715. The molecule has 0 saturated heterocycles. The number of carboxylic acids is 1. The van der Waals surface area contributed by atoms with Crippen LogP contribution in [0.4, 0.5) is 0 Å². The number of aromatic nitrogens is 2. The number of imidazole rings is 1. The van der Waals surface area contributed by atoms with Gasteiger partial charge in [-0.25, -0.2) is 14.8 Å². The summed E-state index contributed by atoms with van der Waals surface area (Å²) in [5.41, 5.74) is 0.705. The number of carbonyl (C=O) groups excluding carboxylic acids is 1. The largest absolute Gasteiger partial charge is 0.478 e. The molecule has 1 N–H and O–H groups in total. The maximum Gasteiger partial charge on any atom is 0.337 e. The molecule has 0 saturated carbocycles. The first kappa shape index (κ1) is 16.0. The molecule has 0 fully saturated rings. The highest BCUT2D eigenvalue weighted by Gasteiger charge is 2.20. The summed E-state index contributed by atoms with van der Waals surface area (Å²) in [7, 11) is 1.77. The Morgan fingerprint density at radius 1 is 1.45 bits per heavy atom. The minimum Gasteiger partial charge on any atom is -0.478 e. The lowest BCUT2D eigenvalue weighted by Crippen LogP contribution is -2.33. The smallest absolute Gasteiger partial charge is 0.337 e. The van der Waals surface area contributed by atoms with E-state index in [0.717, 1.165) is 5.06 Å². The van der Waals surface area contributed by atoms with E-state index in [4.69, 9.17) is 4.84 Å². The lowest BCUT2D eigenvalue weighted by Gasteiger charge is -2.26. The number of rotatable bonds is 5. The quantitative estimate of drug-likeness (QED) is 0.674. The van der Waals surface area contributed by atoms with Gasteiger partial charge in [-0.1, -0.05) is 6.07 Å². The summed E-state index contributed by atoms with van der Waals surface area (Å²) in [6, 6.07) is 4.96. The van der Waals surface area contributed by atoms with E-state index in [0.29, 0.717) is 23.3 Å². The third-order valence-electron chi connectivity index (χ3n) is 3.04. The second kappa shape index (κ2) is 5.76. The van der Waals surface area contributed by atoms with Crippen LogP contribution in [0.1, 0.15) is 37.0 Å². The molecule has 0 aliphatic heterocycles. The fourth-order valence-electron chi connectivity index (χ4n) is 2.16. The second-order valence-corrected chi connectivity index (χ2v) is 5.95. The maximum atomic E-state index is 11.3. The summed E-state index contributed by atoms with van der Waals surface area (Å²) >= 11 is 0. The predicted molar refractivity (Wildman–Crippen MR) is 80.1 cm³/mol. The average molecular weight is 305 g/mol. The van der Waals surface area contributed by atoms with Crippen molar-refractivity contribution in [2.75, 3.05) is 0 Å². The summed E-state index contributed by atoms with van der Waals surface area (Å²) in [5, 5.41) is 10.4. The number of carbonyl (C=O) groups is 2. The number of benzene rings is 1. The van der Waals surface area contributed by atoms with E-state index in [9.17, 15) is 14.7 Å². The molecular formula is C15H19N3O4. The van der Waals surface area contributed by atoms with Gasteiger partial charge in [0.1, 0.15) is 17.9 Å². The molecule has 1 aromatic carbocycles. The highest BCUT2D eigenvalue weighted by molar-refractivity contribution is 6.01. The highest BCUT2D eigenvalue weighted by Crippen LogP contribution is 2.21. The molecule has 0 bridgehead atoms. The van der Waals surface area contributed by atoms with Gasteiger partial charge >= 0.3 is 5.97 Å². The number of hydrogen-bond acceptors (Lipinski definition) is 4. The van der Waals surface area contributed by atoms with E-state index < -0.39 is 11.6 Å². The number of hydroxylamine groups is 2. The van der Waals surface area contributed by atoms with Crippen LogP contribution in [0.15, 0.2) is 18.2 Å². The number of aromatic carboxylic acids is 1. The minimum absolute atomic E-state index is 0.130. The topological polar surface area (TPSA) is 84.7 Å². The van der Waals surface area contributed by atoms with E-state index in [2.05, 4.69) is 4.98 Å². The molecule has 0 radical (unpaired) electrons. The summed E-state index contributed by atoms with van der Waals surface area (Å²) in [5.74, 6) is -0.492. The zero-order valence-corrected chi connectivity index (χ0v) is 13.0. The van der Waals surface area contributed by atoms with Crippen LogP contribution < -0.4 is 0 Å². The van der Waals surface area contributed by atoms with Crippen molar-refractivity contribution in [2.45, 2.75) is 32.9 Å². The SMILES string of the molecule is Cn1c(CN(C=O)OC(C)(C)C)nc2c(C(=O)O)cccc21. The van der Waals surface area contributed by atoms with Crippen LogP contribution in [0.2, 0.25) is 0 Å². The Morgan fingerprint density at radius 2 is 2.14 bits per heavy atom. The van der Waals surface area contributed by atoms with Crippen molar-refractivity contribution in [3.05, 3.63) is 29.6 Å². The van der Waals surface area contributed by atoms with E-state index in [-0.39, 0.29) is 12.1 Å². The van der Waals surface area contributed by atoms with Crippen LogP contribution in [0.25, 0.3) is 11.0 Å². The standard InChI is InChI=1S/C15H19N3O4/c1-15(2,3)22-18(9-19)8-12-16-13-10(14(20)21)6-5-7-11(13)17(12)4/h5-7,9H,8H2,1-4H3,(H,20,21). The molecule has 118 valence electrons. The lowest BCUT2D eigenvalue weighted by molar-refractivity contribution is -0.221. The molecule has 22 heavy (non-hydrogen) atoms. The second-order valence-electron chi connectivity index (χ2n) is 5.95. The number of fused-ring (bicyclic) bond motifs is 1. The van der Waals surface area contributed by atoms with Gasteiger partial charge < -0.3 is 9.67 Å². The van der Waals surface area contributed by atoms with Gasteiger partial charge in [-0.05, 0) is 32.9 Å². The molecular weight excluding hydrogens is 286 g/mol. The first-order chi connectivity index (χ1) is 10.2. The maximum absolute atomic E-state index is 11.3. The third-order valence-corrected chi connectivity index (χ3v) is 3.04. The number of aryl methyl sites for hydroxylation is 1. The molecule has 0 aliphatic carbocycles. The molecule has 0 spiro atoms. The van der Waals surface area contributed by atoms with Crippen LogP contribution in [0, 0.1) is 0 Å². The highest BCUT2D eigenvalue weighted by atomic mass is 16.7. The van der Waals surface area contributed by atoms with Crippen molar-refractivity contribution in [1.82, 2.24) is 14.6 Å². The van der Waals surface area contributed by atoms with E-state index in [1.54, 1.807) is 23.7 Å². The number of para-hydroxylation sites is 1. The van der Waals surface area contributed by atoms with Crippen LogP contribution in [-0.2, 0) is 23.2 Å². The van der Waals surface area contributed by atoms with Crippen LogP contribution in [0.3, 0.4) is 0 Å². The molecule has 1 aromatic heterocycles. The van der Waals surface area contributed by atoms with Crippen molar-refractivity contribution in [3.8, 4) is 0 Å². The van der Waals surface area contributed by atoms with Crippen LogP contribution in [0.5, 0.6) is 0 Å². The molecule has 2 rings (SSSR count). The Labute approximate surface area is 128 Å². The van der Waals surface area contributed by atoms with Gasteiger partial charge in [-0.3, -0.25) is 9.63 Å². The predicted octanol–water partition coefficient (Wildman–Crippen LogP) is 1.96. The van der Waals surface area contributed by atoms with Crippen molar-refractivity contribution in [3.63, 3.8) is 0 Å². The molecule has 1 amide bonds. The fourth-order valence-corrected chi connectivity index (χ4v) is 2.16. The van der Waals surface area contributed by atoms with E-state index in [1.807, 2.05) is 20.8 Å². The molecule has 1 heterocycles. The molecule has 0 unspecified atom stereocenters. The number of nitrogens with zero attached hydrogens (tertiary/aromatic N) is 3. The van der Waals surface area contributed by atoms with Gasteiger partial charge in [0.2, 0.25) is 6.41 Å². The van der Waals surface area contributed by atoms with Gasteiger partial charge in [0.05, 0.1) is 16.7 Å². The Kier molecular flexibility index (Phi) is 4.18. The molecule has 7 heteroatoms. The first-order valence-corrected chi connectivity index (χ1v) is 6.81. The third kappa shape index (κ3) is 3.25. The average Bonchev–Trinajstić information content (AvgIpc) is 2.73.